The van der Waals surface area contributed by atoms with E-state index in [0.717, 1.165) is 63.6 Å². The molecule has 5 heteroatoms. The Kier molecular flexibility index (Phi) is 7.43. The molecule has 0 bridgehead atoms. The second kappa shape index (κ2) is 12.7. The van der Waals surface area contributed by atoms with Crippen molar-refractivity contribution in [2.75, 3.05) is 4.90 Å². The maximum absolute atomic E-state index is 6.42. The third-order valence-electron chi connectivity index (χ3n) is 9.85. The van der Waals surface area contributed by atoms with Crippen LogP contribution >= 0.6 is 11.3 Å². The summed E-state index contributed by atoms with van der Waals surface area (Å²) >= 11 is 1.85. The molecule has 2 aromatic heterocycles. The third-order valence-corrected chi connectivity index (χ3v) is 11.0. The van der Waals surface area contributed by atoms with Crippen molar-refractivity contribution in [3.63, 3.8) is 0 Å². The summed E-state index contributed by atoms with van der Waals surface area (Å²) in [6, 6.07) is 57.6. The molecule has 10 rings (SSSR count). The zero-order valence-corrected chi connectivity index (χ0v) is 29.0. The van der Waals surface area contributed by atoms with Crippen LogP contribution in [0.1, 0.15) is 17.5 Å². The highest BCUT2D eigenvalue weighted by Gasteiger charge is 2.17. The third kappa shape index (κ3) is 5.52. The van der Waals surface area contributed by atoms with Gasteiger partial charge in [0.15, 0.2) is 5.58 Å². The number of anilines is 3. The van der Waals surface area contributed by atoms with Crippen LogP contribution in [0.15, 0.2) is 174 Å². The lowest BCUT2D eigenvalue weighted by atomic mass is 10.0. The SMILES string of the molecule is C1=C(c2ccc(N(c3ccc(-c4ccc5c(c4)sc4ccccc45)cc3)c3ccc(-c4nc5ccccc5o4)cc3)cc2)Oc2ccccc2CC1. The van der Waals surface area contributed by atoms with E-state index in [1.807, 2.05) is 41.7 Å². The lowest BCUT2D eigenvalue weighted by Gasteiger charge is -2.26. The van der Waals surface area contributed by atoms with Gasteiger partial charge in [0.1, 0.15) is 17.0 Å². The molecule has 0 saturated heterocycles. The number of aromatic nitrogens is 1. The number of hydrogen-bond acceptors (Lipinski definition) is 5. The topological polar surface area (TPSA) is 38.5 Å². The molecule has 0 radical (unpaired) electrons. The molecule has 1 aliphatic heterocycles. The molecule has 4 nitrogen and oxygen atoms in total. The van der Waals surface area contributed by atoms with Crippen LogP contribution in [0.5, 0.6) is 5.75 Å². The molecular weight excluding hydrogens is 657 g/mol. The summed E-state index contributed by atoms with van der Waals surface area (Å²) < 4.78 is 15.1. The molecule has 0 atom stereocenters. The predicted molar refractivity (Wildman–Crippen MR) is 216 cm³/mol. The molecule has 9 aromatic rings. The summed E-state index contributed by atoms with van der Waals surface area (Å²) in [6.45, 7) is 0. The average molecular weight is 689 g/mol. The number of para-hydroxylation sites is 3. The first kappa shape index (κ1) is 30.4. The van der Waals surface area contributed by atoms with Gasteiger partial charge < -0.3 is 14.1 Å². The van der Waals surface area contributed by atoms with Gasteiger partial charge in [-0.05, 0) is 127 Å². The van der Waals surface area contributed by atoms with Gasteiger partial charge in [-0.2, -0.15) is 0 Å². The molecule has 0 N–H and O–H groups in total. The van der Waals surface area contributed by atoms with Gasteiger partial charge in [-0.25, -0.2) is 4.98 Å². The maximum atomic E-state index is 6.42. The summed E-state index contributed by atoms with van der Waals surface area (Å²) in [6.07, 6.45) is 4.11. The molecular formula is C47H32N2O2S. The van der Waals surface area contributed by atoms with Crippen molar-refractivity contribution in [3.8, 4) is 28.3 Å². The number of benzene rings is 7. The quantitative estimate of drug-likeness (QED) is 0.174. The van der Waals surface area contributed by atoms with Crippen molar-refractivity contribution < 1.29 is 9.15 Å². The van der Waals surface area contributed by atoms with E-state index < -0.39 is 0 Å². The Hall–Kier alpha value is -6.43. The Morgan fingerprint density at radius 2 is 1.17 bits per heavy atom. The monoisotopic (exact) mass is 688 g/mol. The van der Waals surface area contributed by atoms with E-state index in [2.05, 4.69) is 144 Å². The lowest BCUT2D eigenvalue weighted by molar-refractivity contribution is 0.512. The lowest BCUT2D eigenvalue weighted by Crippen LogP contribution is -2.10. The molecule has 0 fully saturated rings. The fourth-order valence-electron chi connectivity index (χ4n) is 7.18. The molecule has 0 amide bonds. The van der Waals surface area contributed by atoms with E-state index in [4.69, 9.17) is 14.1 Å². The molecule has 0 spiro atoms. The molecule has 0 saturated carbocycles. The van der Waals surface area contributed by atoms with Crippen LogP contribution in [0, 0.1) is 0 Å². The van der Waals surface area contributed by atoms with E-state index in [9.17, 15) is 0 Å². The number of thiophene rings is 1. The number of ether oxygens (including phenoxy) is 1. The Balaban J connectivity index is 1.00. The zero-order valence-electron chi connectivity index (χ0n) is 28.2. The number of oxazole rings is 1. The van der Waals surface area contributed by atoms with Gasteiger partial charge in [0.2, 0.25) is 5.89 Å². The van der Waals surface area contributed by atoms with Crippen LogP contribution in [-0.2, 0) is 6.42 Å². The second-order valence-electron chi connectivity index (χ2n) is 13.1. The van der Waals surface area contributed by atoms with Crippen LogP contribution in [0.25, 0.3) is 59.6 Å². The van der Waals surface area contributed by atoms with E-state index in [-0.39, 0.29) is 0 Å². The van der Waals surface area contributed by atoms with Crippen molar-refractivity contribution in [2.45, 2.75) is 12.8 Å². The smallest absolute Gasteiger partial charge is 0.227 e. The number of fused-ring (bicyclic) bond motifs is 5. The minimum atomic E-state index is 0.613. The van der Waals surface area contributed by atoms with Crippen LogP contribution in [0.3, 0.4) is 0 Å². The normalized spacial score (nSPS) is 12.7. The fourth-order valence-corrected chi connectivity index (χ4v) is 8.33. The van der Waals surface area contributed by atoms with Crippen LogP contribution in [0.2, 0.25) is 0 Å². The van der Waals surface area contributed by atoms with E-state index in [0.29, 0.717) is 5.89 Å². The van der Waals surface area contributed by atoms with Gasteiger partial charge >= 0.3 is 0 Å². The molecule has 0 aliphatic carbocycles. The average Bonchev–Trinajstić information content (AvgIpc) is 3.73. The van der Waals surface area contributed by atoms with Crippen molar-refractivity contribution >= 4 is 65.4 Å². The minimum absolute atomic E-state index is 0.613. The highest BCUT2D eigenvalue weighted by molar-refractivity contribution is 7.25. The highest BCUT2D eigenvalue weighted by atomic mass is 32.1. The van der Waals surface area contributed by atoms with Crippen LogP contribution in [0.4, 0.5) is 17.1 Å². The summed E-state index contributed by atoms with van der Waals surface area (Å²) in [5.74, 6) is 2.44. The Bertz CT molecular complexity index is 2720. The first-order valence-corrected chi connectivity index (χ1v) is 18.4. The largest absolute Gasteiger partial charge is 0.457 e. The Labute approximate surface area is 305 Å². The molecule has 52 heavy (non-hydrogen) atoms. The molecule has 7 aromatic carbocycles. The molecule has 248 valence electrons. The van der Waals surface area contributed by atoms with Gasteiger partial charge in [-0.15, -0.1) is 11.3 Å². The minimum Gasteiger partial charge on any atom is -0.457 e. The number of nitrogens with zero attached hydrogens (tertiary/aromatic N) is 2. The van der Waals surface area contributed by atoms with E-state index in [1.165, 1.54) is 36.9 Å². The Morgan fingerprint density at radius 3 is 1.96 bits per heavy atom. The van der Waals surface area contributed by atoms with Gasteiger partial charge in [-0.3, -0.25) is 0 Å². The van der Waals surface area contributed by atoms with Crippen molar-refractivity contribution in [3.05, 3.63) is 181 Å². The van der Waals surface area contributed by atoms with Crippen LogP contribution < -0.4 is 9.64 Å². The molecule has 0 unspecified atom stereocenters. The Morgan fingerprint density at radius 1 is 0.538 bits per heavy atom. The van der Waals surface area contributed by atoms with E-state index in [1.54, 1.807) is 0 Å². The van der Waals surface area contributed by atoms with E-state index >= 15 is 0 Å². The first-order chi connectivity index (χ1) is 25.7. The summed E-state index contributed by atoms with van der Waals surface area (Å²) in [7, 11) is 0. The fraction of sp³-hybridized carbons (Fsp3) is 0.0426. The summed E-state index contributed by atoms with van der Waals surface area (Å²) in [5, 5.41) is 2.63. The predicted octanol–water partition coefficient (Wildman–Crippen LogP) is 13.4. The van der Waals surface area contributed by atoms with Gasteiger partial charge in [0.25, 0.3) is 0 Å². The molecule has 1 aliphatic rings. The molecule has 3 heterocycles. The second-order valence-corrected chi connectivity index (χ2v) is 14.2. The maximum Gasteiger partial charge on any atom is 0.227 e. The number of aryl methyl sites for hydroxylation is 1. The van der Waals surface area contributed by atoms with Crippen molar-refractivity contribution in [1.29, 1.82) is 0 Å². The van der Waals surface area contributed by atoms with Crippen molar-refractivity contribution in [1.82, 2.24) is 4.98 Å². The number of hydrogen-bond donors (Lipinski definition) is 0. The zero-order chi connectivity index (χ0) is 34.4. The first-order valence-electron chi connectivity index (χ1n) is 17.6. The number of allylic oxidation sites excluding steroid dienone is 1. The van der Waals surface area contributed by atoms with Gasteiger partial charge in [0, 0.05) is 48.4 Å². The van der Waals surface area contributed by atoms with Crippen LogP contribution in [-0.4, -0.2) is 4.98 Å². The van der Waals surface area contributed by atoms with Crippen molar-refractivity contribution in [2.24, 2.45) is 0 Å². The summed E-state index contributed by atoms with van der Waals surface area (Å²) in [5.41, 5.74) is 10.4. The summed E-state index contributed by atoms with van der Waals surface area (Å²) in [4.78, 5) is 7.01. The highest BCUT2D eigenvalue weighted by Crippen LogP contribution is 2.40. The standard InChI is InChI=1S/C47H32N2O2S/c1-4-12-42-32(8-1)9-7-14-43(50-42)33-18-25-37(26-19-33)49(38-27-20-34(21-28-38)47-48-41-11-3-5-13-44(41)51-47)36-23-16-31(17-24-36)35-22-29-40-39-10-2-6-15-45(39)52-46(40)30-35/h1-6,8,10-30H,7,9H2. The number of rotatable bonds is 6. The van der Waals surface area contributed by atoms with Gasteiger partial charge in [0.05, 0.1) is 0 Å². The van der Waals surface area contributed by atoms with Gasteiger partial charge in [-0.1, -0.05) is 72.8 Å².